The Morgan fingerprint density at radius 2 is 1.97 bits per heavy atom. The molecule has 0 fully saturated rings. The van der Waals surface area contributed by atoms with Gasteiger partial charge in [0.1, 0.15) is 28.4 Å². The first-order valence-electron chi connectivity index (χ1n) is 10.7. The molecule has 1 N–H and O–H groups in total. The van der Waals surface area contributed by atoms with E-state index >= 15 is 0 Å². The number of benzene rings is 1. The standard InChI is InChI=1S/C23H22F2N6O3/c1-4-23(3,22(33)34-5-2)18-21(32)27-19(29-28-18)17-15-10-14(24)11-26-20(15)31(30-17)12-13-8-6-7-9-16(13)25/h6-11H,4-5,12H2,1-3H3,(H,27,29,32). The van der Waals surface area contributed by atoms with E-state index in [-0.39, 0.29) is 47.8 Å². The number of fused-ring (bicyclic) bond motifs is 1. The summed E-state index contributed by atoms with van der Waals surface area (Å²) in [6.45, 7) is 5.14. The van der Waals surface area contributed by atoms with E-state index in [4.69, 9.17) is 4.74 Å². The van der Waals surface area contributed by atoms with Crippen LogP contribution in [0.5, 0.6) is 0 Å². The molecule has 0 aliphatic rings. The second-order valence-corrected chi connectivity index (χ2v) is 7.88. The predicted octanol–water partition coefficient (Wildman–Crippen LogP) is 3.13. The highest BCUT2D eigenvalue weighted by Gasteiger charge is 2.39. The molecule has 0 saturated carbocycles. The second-order valence-electron chi connectivity index (χ2n) is 7.88. The highest BCUT2D eigenvalue weighted by molar-refractivity contribution is 5.89. The largest absolute Gasteiger partial charge is 0.465 e. The van der Waals surface area contributed by atoms with Crippen molar-refractivity contribution >= 4 is 17.0 Å². The van der Waals surface area contributed by atoms with E-state index in [9.17, 15) is 18.4 Å². The molecule has 0 aliphatic heterocycles. The van der Waals surface area contributed by atoms with Crippen molar-refractivity contribution in [2.75, 3.05) is 6.61 Å². The molecular weight excluding hydrogens is 446 g/mol. The molecular formula is C23H22F2N6O3. The van der Waals surface area contributed by atoms with Crippen LogP contribution < -0.4 is 5.56 Å². The van der Waals surface area contributed by atoms with Crippen molar-refractivity contribution in [3.63, 3.8) is 0 Å². The van der Waals surface area contributed by atoms with Crippen LogP contribution in [-0.4, -0.2) is 42.5 Å². The Balaban J connectivity index is 1.82. The Hall–Kier alpha value is -4.02. The number of hydrogen-bond acceptors (Lipinski definition) is 7. The number of esters is 1. The number of halogens is 2. The third-order valence-corrected chi connectivity index (χ3v) is 5.71. The van der Waals surface area contributed by atoms with Crippen LogP contribution >= 0.6 is 0 Å². The normalized spacial score (nSPS) is 13.1. The fourth-order valence-corrected chi connectivity index (χ4v) is 3.61. The number of hydrogen-bond donors (Lipinski definition) is 1. The molecule has 0 bridgehead atoms. The molecule has 4 aromatic rings. The van der Waals surface area contributed by atoms with Crippen molar-refractivity contribution in [3.05, 3.63) is 69.8 Å². The summed E-state index contributed by atoms with van der Waals surface area (Å²) in [6, 6.07) is 7.38. The molecule has 1 aromatic carbocycles. The number of aromatic nitrogens is 6. The number of nitrogens with zero attached hydrogens (tertiary/aromatic N) is 5. The number of rotatable bonds is 7. The molecule has 9 nitrogen and oxygen atoms in total. The highest BCUT2D eigenvalue weighted by Crippen LogP contribution is 2.28. The fraction of sp³-hybridized carbons (Fsp3) is 0.304. The van der Waals surface area contributed by atoms with Crippen molar-refractivity contribution in [2.45, 2.75) is 39.2 Å². The summed E-state index contributed by atoms with van der Waals surface area (Å²) in [6.07, 6.45) is 1.29. The first-order valence-corrected chi connectivity index (χ1v) is 10.7. The van der Waals surface area contributed by atoms with Gasteiger partial charge in [-0.2, -0.15) is 5.10 Å². The molecule has 3 aromatic heterocycles. The summed E-state index contributed by atoms with van der Waals surface area (Å²) < 4.78 is 34.7. The van der Waals surface area contributed by atoms with Gasteiger partial charge in [0.15, 0.2) is 11.5 Å². The molecule has 0 amide bonds. The van der Waals surface area contributed by atoms with Gasteiger partial charge in [-0.25, -0.2) is 18.4 Å². The SMILES string of the molecule is CCOC(=O)C(C)(CC)c1nnc(-c2nn(Cc3ccccc3F)c3ncc(F)cc23)[nH]c1=O. The van der Waals surface area contributed by atoms with Crippen LogP contribution in [0.3, 0.4) is 0 Å². The first-order chi connectivity index (χ1) is 16.3. The third-order valence-electron chi connectivity index (χ3n) is 5.71. The minimum atomic E-state index is -1.30. The van der Waals surface area contributed by atoms with Crippen molar-refractivity contribution in [2.24, 2.45) is 0 Å². The Labute approximate surface area is 192 Å². The van der Waals surface area contributed by atoms with Gasteiger partial charge >= 0.3 is 5.97 Å². The van der Waals surface area contributed by atoms with Crippen LogP contribution in [0.1, 0.15) is 38.4 Å². The maximum Gasteiger partial charge on any atom is 0.318 e. The van der Waals surface area contributed by atoms with Crippen molar-refractivity contribution in [1.82, 2.24) is 29.9 Å². The lowest BCUT2D eigenvalue weighted by Crippen LogP contribution is -2.40. The number of H-pyrrole nitrogens is 1. The minimum absolute atomic E-state index is 0.0221. The Kier molecular flexibility index (Phi) is 6.18. The van der Waals surface area contributed by atoms with Gasteiger partial charge < -0.3 is 9.72 Å². The number of aromatic amines is 1. The number of carbonyl (C=O) groups is 1. The van der Waals surface area contributed by atoms with Gasteiger partial charge in [-0.3, -0.25) is 9.59 Å². The molecule has 0 aliphatic carbocycles. The van der Waals surface area contributed by atoms with Gasteiger partial charge in [0.2, 0.25) is 0 Å². The molecule has 1 unspecified atom stereocenters. The Bertz CT molecular complexity index is 1430. The molecule has 11 heteroatoms. The number of ether oxygens (including phenoxy) is 1. The van der Waals surface area contributed by atoms with Crippen molar-refractivity contribution in [1.29, 1.82) is 0 Å². The molecule has 34 heavy (non-hydrogen) atoms. The zero-order chi connectivity index (χ0) is 24.5. The average Bonchev–Trinajstić information content (AvgIpc) is 3.17. The third kappa shape index (κ3) is 4.04. The minimum Gasteiger partial charge on any atom is -0.465 e. The van der Waals surface area contributed by atoms with Gasteiger partial charge in [-0.05, 0) is 32.4 Å². The summed E-state index contributed by atoms with van der Waals surface area (Å²) in [7, 11) is 0. The van der Waals surface area contributed by atoms with E-state index in [1.165, 1.54) is 16.8 Å². The van der Waals surface area contributed by atoms with Crippen LogP contribution in [0, 0.1) is 11.6 Å². The van der Waals surface area contributed by atoms with Crippen LogP contribution in [0.25, 0.3) is 22.6 Å². The van der Waals surface area contributed by atoms with Crippen molar-refractivity contribution in [3.8, 4) is 11.5 Å². The van der Waals surface area contributed by atoms with E-state index in [0.29, 0.717) is 5.56 Å². The molecule has 4 rings (SSSR count). The van der Waals surface area contributed by atoms with Gasteiger partial charge in [0, 0.05) is 5.56 Å². The summed E-state index contributed by atoms with van der Waals surface area (Å²) in [5.74, 6) is -1.67. The predicted molar refractivity (Wildman–Crippen MR) is 119 cm³/mol. The lowest BCUT2D eigenvalue weighted by Gasteiger charge is -2.23. The quantitative estimate of drug-likeness (QED) is 0.414. The lowest BCUT2D eigenvalue weighted by molar-refractivity contribution is -0.149. The zero-order valence-corrected chi connectivity index (χ0v) is 18.8. The summed E-state index contributed by atoms with van der Waals surface area (Å²) in [4.78, 5) is 32.1. The monoisotopic (exact) mass is 468 g/mol. The van der Waals surface area contributed by atoms with E-state index in [2.05, 4.69) is 25.3 Å². The Morgan fingerprint density at radius 1 is 1.21 bits per heavy atom. The molecule has 176 valence electrons. The van der Waals surface area contributed by atoms with E-state index < -0.39 is 28.6 Å². The average molecular weight is 468 g/mol. The maximum atomic E-state index is 14.2. The van der Waals surface area contributed by atoms with Crippen molar-refractivity contribution < 1.29 is 18.3 Å². The fourth-order valence-electron chi connectivity index (χ4n) is 3.61. The molecule has 0 spiro atoms. The molecule has 0 saturated heterocycles. The van der Waals surface area contributed by atoms with E-state index in [1.54, 1.807) is 39.0 Å². The number of nitrogens with one attached hydrogen (secondary N) is 1. The van der Waals surface area contributed by atoms with Gasteiger partial charge in [0.05, 0.1) is 24.7 Å². The first kappa shape index (κ1) is 23.1. The van der Waals surface area contributed by atoms with Crippen LogP contribution in [0.2, 0.25) is 0 Å². The number of pyridine rings is 1. The smallest absolute Gasteiger partial charge is 0.318 e. The Morgan fingerprint density at radius 3 is 2.65 bits per heavy atom. The summed E-state index contributed by atoms with van der Waals surface area (Å²) in [5, 5.41) is 12.8. The van der Waals surface area contributed by atoms with Crippen LogP contribution in [0.4, 0.5) is 8.78 Å². The number of carbonyl (C=O) groups excluding carboxylic acids is 1. The highest BCUT2D eigenvalue weighted by atomic mass is 19.1. The molecule has 1 atom stereocenters. The zero-order valence-electron chi connectivity index (χ0n) is 18.8. The maximum absolute atomic E-state index is 14.2. The molecule has 0 radical (unpaired) electrons. The van der Waals surface area contributed by atoms with Crippen LogP contribution in [0.15, 0.2) is 41.3 Å². The summed E-state index contributed by atoms with van der Waals surface area (Å²) in [5.41, 5.74) is -1.30. The molecule has 3 heterocycles. The van der Waals surface area contributed by atoms with E-state index in [0.717, 1.165) is 6.20 Å². The van der Waals surface area contributed by atoms with Crippen LogP contribution in [-0.2, 0) is 21.5 Å². The lowest BCUT2D eigenvalue weighted by atomic mass is 9.84. The van der Waals surface area contributed by atoms with Gasteiger partial charge in [-0.15, -0.1) is 10.2 Å². The van der Waals surface area contributed by atoms with Gasteiger partial charge in [0.25, 0.3) is 5.56 Å². The van der Waals surface area contributed by atoms with Gasteiger partial charge in [-0.1, -0.05) is 25.1 Å². The second kappa shape index (κ2) is 9.08. The topological polar surface area (TPSA) is 116 Å². The summed E-state index contributed by atoms with van der Waals surface area (Å²) >= 11 is 0. The van der Waals surface area contributed by atoms with E-state index in [1.807, 2.05) is 0 Å².